The van der Waals surface area contributed by atoms with Crippen LogP contribution in [-0.2, 0) is 10.1 Å². The Hall–Kier alpha value is -1.52. The molecule has 2 N–H and O–H groups in total. The second-order valence-corrected chi connectivity index (χ2v) is 7.76. The summed E-state index contributed by atoms with van der Waals surface area (Å²) in [4.78, 5) is 11.5. The minimum Gasteiger partial charge on any atom is -0.379 e. The second-order valence-electron chi connectivity index (χ2n) is 4.59. The van der Waals surface area contributed by atoms with E-state index in [1.807, 2.05) is 6.07 Å². The summed E-state index contributed by atoms with van der Waals surface area (Å²) in [6.45, 7) is 0.337. The molecule has 24 heavy (non-hydrogen) atoms. The van der Waals surface area contributed by atoms with Gasteiger partial charge in [-0.15, -0.1) is 11.6 Å². The Morgan fingerprint density at radius 2 is 1.88 bits per heavy atom. The third kappa shape index (κ3) is 5.53. The van der Waals surface area contributed by atoms with E-state index >= 15 is 0 Å². The fraction of sp³-hybridized carbons (Fsp3) is 0.133. The number of hydrogen-bond donors (Lipinski definition) is 2. The summed E-state index contributed by atoms with van der Waals surface area (Å²) in [6.07, 6.45) is 0. The molecular weight excluding hydrogens is 467 g/mol. The third-order valence-corrected chi connectivity index (χ3v) is 4.90. The lowest BCUT2D eigenvalue weighted by Crippen LogP contribution is -2.30. The van der Waals surface area contributed by atoms with Gasteiger partial charge in [-0.3, -0.25) is 0 Å². The molecule has 2 amide bonds. The molecule has 6 nitrogen and oxygen atoms in total. The molecule has 0 radical (unpaired) electrons. The van der Waals surface area contributed by atoms with Crippen LogP contribution in [0.15, 0.2) is 53.4 Å². The predicted molar refractivity (Wildman–Crippen MR) is 101 cm³/mol. The van der Waals surface area contributed by atoms with Gasteiger partial charge in [-0.2, -0.15) is 8.42 Å². The van der Waals surface area contributed by atoms with Crippen LogP contribution in [0.1, 0.15) is 0 Å². The Labute approximate surface area is 158 Å². The maximum atomic E-state index is 12.2. The van der Waals surface area contributed by atoms with Crippen LogP contribution in [0.4, 0.5) is 10.5 Å². The van der Waals surface area contributed by atoms with Crippen molar-refractivity contribution in [2.45, 2.75) is 4.90 Å². The Morgan fingerprint density at radius 3 is 2.50 bits per heavy atom. The molecule has 0 aromatic heterocycles. The largest absolute Gasteiger partial charge is 0.379 e. The molecule has 0 saturated heterocycles. The Morgan fingerprint density at radius 1 is 1.17 bits per heavy atom. The third-order valence-electron chi connectivity index (χ3n) is 2.78. The summed E-state index contributed by atoms with van der Waals surface area (Å²) in [5, 5.41) is 5.11. The summed E-state index contributed by atoms with van der Waals surface area (Å²) in [5.74, 6) is 0.546. The summed E-state index contributed by atoms with van der Waals surface area (Å²) >= 11 is 7.54. The number of halogens is 2. The number of rotatable bonds is 6. The number of benzene rings is 2. The number of alkyl halides is 1. The van der Waals surface area contributed by atoms with Crippen LogP contribution in [0.25, 0.3) is 0 Å². The molecule has 0 spiro atoms. The first-order chi connectivity index (χ1) is 11.4. The number of carbonyl (C=O) groups is 1. The summed E-state index contributed by atoms with van der Waals surface area (Å²) in [7, 11) is -3.94. The molecule has 2 aromatic rings. The maximum Gasteiger partial charge on any atom is 0.339 e. The number of hydrogen-bond acceptors (Lipinski definition) is 4. The SMILES string of the molecule is O=C(NCCCl)Nc1ccc(S(=O)(=O)Oc2cccc(I)c2)cc1. The smallest absolute Gasteiger partial charge is 0.339 e. The zero-order chi connectivity index (χ0) is 17.6. The number of anilines is 1. The standard InChI is InChI=1S/C15H14ClIN2O4S/c16-8-9-18-15(20)19-12-4-6-14(7-5-12)24(21,22)23-13-3-1-2-11(17)10-13/h1-7,10H,8-9H2,(H2,18,19,20). The van der Waals surface area contributed by atoms with Crippen LogP contribution in [-0.4, -0.2) is 26.9 Å². The second kappa shape index (κ2) is 8.54. The first kappa shape index (κ1) is 18.8. The minimum atomic E-state index is -3.94. The fourth-order valence-corrected chi connectivity index (χ4v) is 3.27. The van der Waals surface area contributed by atoms with Crippen LogP contribution in [0.2, 0.25) is 0 Å². The van der Waals surface area contributed by atoms with E-state index in [-0.39, 0.29) is 10.6 Å². The van der Waals surface area contributed by atoms with Crippen LogP contribution >= 0.6 is 34.2 Å². The van der Waals surface area contributed by atoms with E-state index in [1.165, 1.54) is 24.3 Å². The van der Waals surface area contributed by atoms with E-state index in [2.05, 4.69) is 33.2 Å². The van der Waals surface area contributed by atoms with Crippen LogP contribution in [0.5, 0.6) is 5.75 Å². The first-order valence-electron chi connectivity index (χ1n) is 6.81. The number of carbonyl (C=O) groups excluding carboxylic acids is 1. The van der Waals surface area contributed by atoms with Crippen molar-refractivity contribution in [3.63, 3.8) is 0 Å². The van der Waals surface area contributed by atoms with E-state index in [0.29, 0.717) is 18.1 Å². The van der Waals surface area contributed by atoms with Crippen molar-refractivity contribution in [3.05, 3.63) is 52.1 Å². The number of nitrogens with one attached hydrogen (secondary N) is 2. The molecule has 0 unspecified atom stereocenters. The molecule has 0 aliphatic heterocycles. The zero-order valence-corrected chi connectivity index (χ0v) is 16.1. The summed E-state index contributed by atoms with van der Waals surface area (Å²) in [5.41, 5.74) is 0.454. The molecule has 128 valence electrons. The fourth-order valence-electron chi connectivity index (χ4n) is 1.73. The minimum absolute atomic E-state index is 0.00641. The molecule has 9 heteroatoms. The summed E-state index contributed by atoms with van der Waals surface area (Å²) < 4.78 is 30.5. The van der Waals surface area contributed by atoms with Gasteiger partial charge in [0.05, 0.1) is 0 Å². The number of urea groups is 1. The highest BCUT2D eigenvalue weighted by Crippen LogP contribution is 2.21. The van der Waals surface area contributed by atoms with Crippen LogP contribution in [0.3, 0.4) is 0 Å². The van der Waals surface area contributed by atoms with Gasteiger partial charge < -0.3 is 14.8 Å². The van der Waals surface area contributed by atoms with Crippen molar-refractivity contribution in [1.82, 2.24) is 5.32 Å². The van der Waals surface area contributed by atoms with Crippen LogP contribution < -0.4 is 14.8 Å². The van der Waals surface area contributed by atoms with Gasteiger partial charge in [0.15, 0.2) is 0 Å². The monoisotopic (exact) mass is 480 g/mol. The van der Waals surface area contributed by atoms with Gasteiger partial charge >= 0.3 is 16.1 Å². The van der Waals surface area contributed by atoms with Gasteiger partial charge in [-0.1, -0.05) is 6.07 Å². The molecule has 0 aliphatic rings. The Balaban J connectivity index is 2.07. The summed E-state index contributed by atoms with van der Waals surface area (Å²) in [6, 6.07) is 12.0. The van der Waals surface area contributed by atoms with Crippen molar-refractivity contribution >= 4 is 56.0 Å². The van der Waals surface area contributed by atoms with E-state index in [9.17, 15) is 13.2 Å². The van der Waals surface area contributed by atoms with Crippen molar-refractivity contribution < 1.29 is 17.4 Å². The lowest BCUT2D eigenvalue weighted by atomic mass is 10.3. The molecule has 0 bridgehead atoms. The van der Waals surface area contributed by atoms with Gasteiger partial charge in [-0.25, -0.2) is 4.79 Å². The Bertz CT molecular complexity index is 812. The van der Waals surface area contributed by atoms with Gasteiger partial charge in [-0.05, 0) is 65.1 Å². The van der Waals surface area contributed by atoms with Crippen molar-refractivity contribution in [2.75, 3.05) is 17.7 Å². The van der Waals surface area contributed by atoms with Gasteiger partial charge in [0, 0.05) is 21.7 Å². The van der Waals surface area contributed by atoms with Crippen molar-refractivity contribution in [3.8, 4) is 5.75 Å². The van der Waals surface area contributed by atoms with Crippen molar-refractivity contribution in [2.24, 2.45) is 0 Å². The average molecular weight is 481 g/mol. The molecule has 0 fully saturated rings. The Kier molecular flexibility index (Phi) is 6.69. The predicted octanol–water partition coefficient (Wildman–Crippen LogP) is 3.42. The van der Waals surface area contributed by atoms with E-state index in [1.54, 1.807) is 18.2 Å². The highest BCUT2D eigenvalue weighted by atomic mass is 127. The van der Waals surface area contributed by atoms with Gasteiger partial charge in [0.25, 0.3) is 0 Å². The topological polar surface area (TPSA) is 84.5 Å². The lowest BCUT2D eigenvalue weighted by Gasteiger charge is -2.09. The molecule has 2 rings (SSSR count). The van der Waals surface area contributed by atoms with Gasteiger partial charge in [0.1, 0.15) is 10.6 Å². The van der Waals surface area contributed by atoms with Gasteiger partial charge in [0.2, 0.25) is 0 Å². The molecule has 2 aromatic carbocycles. The molecule has 0 saturated carbocycles. The number of amides is 2. The van der Waals surface area contributed by atoms with E-state index < -0.39 is 16.1 Å². The lowest BCUT2D eigenvalue weighted by molar-refractivity contribution is 0.252. The van der Waals surface area contributed by atoms with E-state index in [4.69, 9.17) is 15.8 Å². The molecule has 0 aliphatic carbocycles. The van der Waals surface area contributed by atoms with Crippen molar-refractivity contribution in [1.29, 1.82) is 0 Å². The normalized spacial score (nSPS) is 10.9. The van der Waals surface area contributed by atoms with Crippen LogP contribution in [0, 0.1) is 3.57 Å². The highest BCUT2D eigenvalue weighted by Gasteiger charge is 2.16. The quantitative estimate of drug-likeness (QED) is 0.377. The maximum absolute atomic E-state index is 12.2. The molecule has 0 heterocycles. The highest BCUT2D eigenvalue weighted by molar-refractivity contribution is 14.1. The average Bonchev–Trinajstić information content (AvgIpc) is 2.53. The molecule has 0 atom stereocenters. The van der Waals surface area contributed by atoms with E-state index in [0.717, 1.165) is 3.57 Å². The zero-order valence-electron chi connectivity index (χ0n) is 12.3. The molecular formula is C15H14ClIN2O4S. The first-order valence-corrected chi connectivity index (χ1v) is 9.84.